The second-order valence-corrected chi connectivity index (χ2v) is 4.77. The van der Waals surface area contributed by atoms with E-state index in [-0.39, 0.29) is 11.9 Å². The van der Waals surface area contributed by atoms with Gasteiger partial charge in [0.2, 0.25) is 5.91 Å². The summed E-state index contributed by atoms with van der Waals surface area (Å²) in [5.41, 5.74) is 5.63. The van der Waals surface area contributed by atoms with E-state index >= 15 is 0 Å². The van der Waals surface area contributed by atoms with Crippen LogP contribution >= 0.6 is 0 Å². The molecule has 78 valence electrons. The van der Waals surface area contributed by atoms with Crippen LogP contribution in [-0.4, -0.2) is 34.2 Å². The number of nitrogens with two attached hydrogens (primary N) is 1. The Bertz CT molecular complexity index is 197. The van der Waals surface area contributed by atoms with E-state index in [2.05, 4.69) is 5.32 Å². The van der Waals surface area contributed by atoms with Gasteiger partial charge in [0.1, 0.15) is 5.25 Å². The summed E-state index contributed by atoms with van der Waals surface area (Å²) in [5, 5.41) is 1.99. The monoisotopic (exact) mass is 206 g/mol. The van der Waals surface area contributed by atoms with Crippen molar-refractivity contribution in [2.24, 2.45) is 5.73 Å². The van der Waals surface area contributed by atoms with Crippen molar-refractivity contribution in [3.8, 4) is 0 Å². The summed E-state index contributed by atoms with van der Waals surface area (Å²) in [4.78, 5) is 11.1. The molecule has 3 unspecified atom stereocenters. The van der Waals surface area contributed by atoms with Crippen molar-refractivity contribution < 1.29 is 9.00 Å². The predicted molar refractivity (Wildman–Crippen MR) is 54.8 cm³/mol. The van der Waals surface area contributed by atoms with Crippen molar-refractivity contribution in [1.29, 1.82) is 0 Å². The van der Waals surface area contributed by atoms with E-state index in [4.69, 9.17) is 5.73 Å². The van der Waals surface area contributed by atoms with Gasteiger partial charge >= 0.3 is 0 Å². The second-order valence-electron chi connectivity index (χ2n) is 2.97. The standard InChI is InChI=1S/C8H18N2O2S/c1-4-7(9)5-13(12)6(2)8(11)10-3/h6-7H,4-5,9H2,1-3H3,(H,10,11). The molecule has 0 aliphatic rings. The SMILES string of the molecule is CCC(N)CS(=O)C(C)C(=O)NC. The molecule has 0 aliphatic carbocycles. The van der Waals surface area contributed by atoms with E-state index in [9.17, 15) is 9.00 Å². The zero-order valence-electron chi connectivity index (χ0n) is 8.37. The Kier molecular flexibility index (Phi) is 5.90. The van der Waals surface area contributed by atoms with E-state index < -0.39 is 16.0 Å². The minimum Gasteiger partial charge on any atom is -0.358 e. The molecular weight excluding hydrogens is 188 g/mol. The van der Waals surface area contributed by atoms with Gasteiger partial charge in [-0.2, -0.15) is 0 Å². The Balaban J connectivity index is 4.03. The van der Waals surface area contributed by atoms with Gasteiger partial charge in [-0.3, -0.25) is 9.00 Å². The van der Waals surface area contributed by atoms with Crippen molar-refractivity contribution in [2.75, 3.05) is 12.8 Å². The van der Waals surface area contributed by atoms with Gasteiger partial charge in [-0.1, -0.05) is 6.92 Å². The lowest BCUT2D eigenvalue weighted by molar-refractivity contribution is -0.119. The lowest BCUT2D eigenvalue weighted by Gasteiger charge is -2.12. The summed E-state index contributed by atoms with van der Waals surface area (Å²) in [6.45, 7) is 3.59. The lowest BCUT2D eigenvalue weighted by Crippen LogP contribution is -2.37. The molecule has 3 atom stereocenters. The van der Waals surface area contributed by atoms with Gasteiger partial charge in [-0.25, -0.2) is 0 Å². The van der Waals surface area contributed by atoms with Crippen LogP contribution in [0.2, 0.25) is 0 Å². The predicted octanol–water partition coefficient (Wildman–Crippen LogP) is -0.393. The Labute approximate surface area is 81.7 Å². The van der Waals surface area contributed by atoms with Crippen LogP contribution in [0.3, 0.4) is 0 Å². The summed E-state index contributed by atoms with van der Waals surface area (Å²) in [6, 6.07) is -0.0760. The maximum atomic E-state index is 11.5. The molecule has 0 rings (SSSR count). The first-order chi connectivity index (χ1) is 6.02. The quantitative estimate of drug-likeness (QED) is 0.643. The average Bonchev–Trinajstić information content (AvgIpc) is 2.14. The molecule has 0 bridgehead atoms. The molecule has 0 aromatic heterocycles. The van der Waals surface area contributed by atoms with Crippen LogP contribution in [0, 0.1) is 0 Å². The molecule has 0 heterocycles. The summed E-state index contributed by atoms with van der Waals surface area (Å²) >= 11 is 0. The third kappa shape index (κ3) is 4.38. The summed E-state index contributed by atoms with van der Waals surface area (Å²) in [5.74, 6) is 0.201. The third-order valence-electron chi connectivity index (χ3n) is 1.91. The van der Waals surface area contributed by atoms with Crippen molar-refractivity contribution >= 4 is 16.7 Å². The molecule has 0 spiro atoms. The van der Waals surface area contributed by atoms with E-state index in [1.165, 1.54) is 7.05 Å². The maximum absolute atomic E-state index is 11.5. The fourth-order valence-electron chi connectivity index (χ4n) is 0.796. The second kappa shape index (κ2) is 6.10. The highest BCUT2D eigenvalue weighted by molar-refractivity contribution is 7.86. The Morgan fingerprint density at radius 2 is 2.15 bits per heavy atom. The number of hydrogen-bond acceptors (Lipinski definition) is 3. The van der Waals surface area contributed by atoms with Crippen LogP contribution in [0.25, 0.3) is 0 Å². The van der Waals surface area contributed by atoms with Gasteiger partial charge < -0.3 is 11.1 Å². The van der Waals surface area contributed by atoms with E-state index in [0.29, 0.717) is 5.75 Å². The van der Waals surface area contributed by atoms with Crippen LogP contribution in [0.15, 0.2) is 0 Å². The molecule has 0 radical (unpaired) electrons. The molecule has 0 aliphatic heterocycles. The fraction of sp³-hybridized carbons (Fsp3) is 0.875. The highest BCUT2D eigenvalue weighted by Gasteiger charge is 2.19. The van der Waals surface area contributed by atoms with Gasteiger partial charge in [0, 0.05) is 29.6 Å². The lowest BCUT2D eigenvalue weighted by atomic mass is 10.3. The van der Waals surface area contributed by atoms with Gasteiger partial charge in [0.05, 0.1) is 0 Å². The van der Waals surface area contributed by atoms with Crippen molar-refractivity contribution in [1.82, 2.24) is 5.32 Å². The molecule has 0 fully saturated rings. The highest BCUT2D eigenvalue weighted by Crippen LogP contribution is 1.99. The van der Waals surface area contributed by atoms with Crippen LogP contribution < -0.4 is 11.1 Å². The number of amides is 1. The Morgan fingerprint density at radius 1 is 1.62 bits per heavy atom. The normalized spacial score (nSPS) is 17.5. The molecule has 0 aromatic carbocycles. The van der Waals surface area contributed by atoms with Crippen molar-refractivity contribution in [3.05, 3.63) is 0 Å². The summed E-state index contributed by atoms with van der Waals surface area (Å²) in [7, 11) is 0.376. The molecule has 13 heavy (non-hydrogen) atoms. The van der Waals surface area contributed by atoms with Crippen molar-refractivity contribution in [2.45, 2.75) is 31.6 Å². The minimum absolute atomic E-state index is 0.0760. The molecule has 0 aromatic rings. The van der Waals surface area contributed by atoms with Crippen LogP contribution in [0.1, 0.15) is 20.3 Å². The van der Waals surface area contributed by atoms with Gasteiger partial charge in [0.25, 0.3) is 0 Å². The van der Waals surface area contributed by atoms with Gasteiger partial charge in [-0.05, 0) is 13.3 Å². The minimum atomic E-state index is -1.16. The smallest absolute Gasteiger partial charge is 0.235 e. The average molecular weight is 206 g/mol. The number of rotatable bonds is 5. The first kappa shape index (κ1) is 12.6. The van der Waals surface area contributed by atoms with E-state index in [1.54, 1.807) is 6.92 Å². The zero-order valence-corrected chi connectivity index (χ0v) is 9.19. The van der Waals surface area contributed by atoms with Crippen LogP contribution in [-0.2, 0) is 15.6 Å². The summed E-state index contributed by atoms with van der Waals surface area (Å²) < 4.78 is 11.5. The van der Waals surface area contributed by atoms with Gasteiger partial charge in [-0.15, -0.1) is 0 Å². The first-order valence-corrected chi connectivity index (χ1v) is 5.75. The molecule has 1 amide bonds. The number of hydrogen-bond donors (Lipinski definition) is 2. The van der Waals surface area contributed by atoms with E-state index in [1.807, 2.05) is 6.92 Å². The number of nitrogens with one attached hydrogen (secondary N) is 1. The third-order valence-corrected chi connectivity index (χ3v) is 3.67. The molecule has 0 saturated carbocycles. The zero-order chi connectivity index (χ0) is 10.4. The van der Waals surface area contributed by atoms with Crippen LogP contribution in [0.5, 0.6) is 0 Å². The van der Waals surface area contributed by atoms with Crippen LogP contribution in [0.4, 0.5) is 0 Å². The fourth-order valence-corrected chi connectivity index (χ4v) is 2.10. The molecular formula is C8H18N2O2S. The number of carbonyl (C=O) groups is 1. The van der Waals surface area contributed by atoms with Gasteiger partial charge in [0.15, 0.2) is 0 Å². The largest absolute Gasteiger partial charge is 0.358 e. The first-order valence-electron chi connectivity index (χ1n) is 4.37. The topological polar surface area (TPSA) is 72.2 Å². The van der Waals surface area contributed by atoms with E-state index in [0.717, 1.165) is 6.42 Å². The highest BCUT2D eigenvalue weighted by atomic mass is 32.2. The molecule has 0 saturated heterocycles. The molecule has 5 heteroatoms. The maximum Gasteiger partial charge on any atom is 0.235 e. The Hall–Kier alpha value is -0.420. The van der Waals surface area contributed by atoms with Crippen molar-refractivity contribution in [3.63, 3.8) is 0 Å². The Morgan fingerprint density at radius 3 is 2.54 bits per heavy atom. The molecule has 3 N–H and O–H groups in total. The summed E-state index contributed by atoms with van der Waals surface area (Å²) in [6.07, 6.45) is 0.784. The number of carbonyl (C=O) groups excluding carboxylic acids is 1. The molecule has 4 nitrogen and oxygen atoms in total.